The van der Waals surface area contributed by atoms with Crippen molar-refractivity contribution in [3.63, 3.8) is 0 Å². The number of ether oxygens (including phenoxy) is 1. The molecule has 2 aromatic rings. The predicted octanol–water partition coefficient (Wildman–Crippen LogP) is 4.21. The van der Waals surface area contributed by atoms with Crippen LogP contribution in [0.15, 0.2) is 36.4 Å². The van der Waals surface area contributed by atoms with Crippen LogP contribution in [0, 0.1) is 13.8 Å². The molecule has 0 aliphatic rings. The third-order valence-electron chi connectivity index (χ3n) is 3.05. The van der Waals surface area contributed by atoms with Gasteiger partial charge < -0.3 is 10.5 Å². The Bertz CT molecular complexity index is 566. The van der Waals surface area contributed by atoms with E-state index < -0.39 is 0 Å². The van der Waals surface area contributed by atoms with Crippen molar-refractivity contribution < 1.29 is 4.74 Å². The summed E-state index contributed by atoms with van der Waals surface area (Å²) in [5.74, 6) is 1.56. The monoisotopic (exact) mass is 261 g/mol. The van der Waals surface area contributed by atoms with Crippen molar-refractivity contribution in [1.82, 2.24) is 0 Å². The maximum atomic E-state index is 6.11. The number of nitrogens with two attached hydrogens (primary N) is 1. The topological polar surface area (TPSA) is 35.2 Å². The van der Waals surface area contributed by atoms with E-state index in [1.165, 1.54) is 5.56 Å². The van der Waals surface area contributed by atoms with E-state index in [1.807, 2.05) is 37.3 Å². The maximum Gasteiger partial charge on any atom is 0.133 e. The van der Waals surface area contributed by atoms with Gasteiger partial charge in [-0.3, -0.25) is 0 Å². The van der Waals surface area contributed by atoms with E-state index in [1.54, 1.807) is 0 Å². The van der Waals surface area contributed by atoms with E-state index in [2.05, 4.69) is 13.0 Å². The smallest absolute Gasteiger partial charge is 0.133 e. The number of hydrogen-bond donors (Lipinski definition) is 1. The molecule has 2 rings (SSSR count). The van der Waals surface area contributed by atoms with Crippen molar-refractivity contribution in [2.75, 3.05) is 0 Å². The molecule has 0 aliphatic carbocycles. The molecule has 94 valence electrons. The van der Waals surface area contributed by atoms with Crippen LogP contribution in [0.25, 0.3) is 0 Å². The number of hydrogen-bond acceptors (Lipinski definition) is 2. The summed E-state index contributed by atoms with van der Waals surface area (Å²) in [6.07, 6.45) is 0. The zero-order chi connectivity index (χ0) is 13.1. The molecule has 0 aromatic heterocycles. The van der Waals surface area contributed by atoms with Crippen molar-refractivity contribution in [1.29, 1.82) is 0 Å². The molecule has 2 N–H and O–H groups in total. The van der Waals surface area contributed by atoms with Gasteiger partial charge in [0.1, 0.15) is 11.5 Å². The molecule has 0 aliphatic heterocycles. The second-order valence-corrected chi connectivity index (χ2v) is 4.63. The second-order valence-electron chi connectivity index (χ2n) is 4.22. The molecule has 2 nitrogen and oxygen atoms in total. The van der Waals surface area contributed by atoms with Gasteiger partial charge in [-0.25, -0.2) is 0 Å². The van der Waals surface area contributed by atoms with Crippen LogP contribution in [-0.2, 0) is 6.54 Å². The van der Waals surface area contributed by atoms with Gasteiger partial charge in [0.15, 0.2) is 0 Å². The highest BCUT2D eigenvalue weighted by Crippen LogP contribution is 2.32. The molecule has 0 heterocycles. The van der Waals surface area contributed by atoms with E-state index in [9.17, 15) is 0 Å². The van der Waals surface area contributed by atoms with Crippen molar-refractivity contribution in [2.24, 2.45) is 5.73 Å². The van der Waals surface area contributed by atoms with Gasteiger partial charge in [0, 0.05) is 17.1 Å². The quantitative estimate of drug-likeness (QED) is 0.898. The van der Waals surface area contributed by atoms with Gasteiger partial charge in [0.05, 0.1) is 0 Å². The Kier molecular flexibility index (Phi) is 3.90. The standard InChI is InChI=1S/C15H16ClNO/c1-10-5-3-7-14(11(10)2)18-15-8-4-6-13(16)12(15)9-17/h3-8H,9,17H2,1-2H3. The highest BCUT2D eigenvalue weighted by Gasteiger charge is 2.09. The van der Waals surface area contributed by atoms with Gasteiger partial charge in [-0.1, -0.05) is 29.8 Å². The number of halogens is 1. The minimum absolute atomic E-state index is 0.361. The van der Waals surface area contributed by atoms with E-state index in [4.69, 9.17) is 22.1 Å². The van der Waals surface area contributed by atoms with Gasteiger partial charge in [0.25, 0.3) is 0 Å². The zero-order valence-electron chi connectivity index (χ0n) is 10.5. The Labute approximate surface area is 112 Å². The van der Waals surface area contributed by atoms with Crippen LogP contribution in [0.1, 0.15) is 16.7 Å². The highest BCUT2D eigenvalue weighted by molar-refractivity contribution is 6.31. The Morgan fingerprint density at radius 2 is 1.72 bits per heavy atom. The predicted molar refractivity (Wildman–Crippen MR) is 75.3 cm³/mol. The van der Waals surface area contributed by atoms with Crippen molar-refractivity contribution in [3.8, 4) is 11.5 Å². The summed E-state index contributed by atoms with van der Waals surface area (Å²) >= 11 is 6.11. The molecule has 0 atom stereocenters. The molecule has 0 fully saturated rings. The fourth-order valence-electron chi connectivity index (χ4n) is 1.79. The largest absolute Gasteiger partial charge is 0.457 e. The molecule has 0 amide bonds. The lowest BCUT2D eigenvalue weighted by Gasteiger charge is -2.14. The minimum atomic E-state index is 0.361. The van der Waals surface area contributed by atoms with E-state index in [0.717, 1.165) is 22.6 Å². The summed E-state index contributed by atoms with van der Waals surface area (Å²) in [7, 11) is 0. The van der Waals surface area contributed by atoms with E-state index >= 15 is 0 Å². The van der Waals surface area contributed by atoms with Crippen LogP contribution in [0.4, 0.5) is 0 Å². The fourth-order valence-corrected chi connectivity index (χ4v) is 2.03. The summed E-state index contributed by atoms with van der Waals surface area (Å²) in [4.78, 5) is 0. The highest BCUT2D eigenvalue weighted by atomic mass is 35.5. The molecule has 0 saturated heterocycles. The molecule has 0 saturated carbocycles. The first-order valence-corrected chi connectivity index (χ1v) is 6.23. The van der Waals surface area contributed by atoms with Crippen molar-refractivity contribution in [2.45, 2.75) is 20.4 Å². The summed E-state index contributed by atoms with van der Waals surface area (Å²) < 4.78 is 5.93. The van der Waals surface area contributed by atoms with Crippen LogP contribution in [0.2, 0.25) is 5.02 Å². The third-order valence-corrected chi connectivity index (χ3v) is 3.41. The number of benzene rings is 2. The molecule has 0 spiro atoms. The van der Waals surface area contributed by atoms with Gasteiger partial charge in [0.2, 0.25) is 0 Å². The average Bonchev–Trinajstić information content (AvgIpc) is 2.35. The Morgan fingerprint density at radius 3 is 2.44 bits per heavy atom. The lowest BCUT2D eigenvalue weighted by molar-refractivity contribution is 0.472. The first-order valence-electron chi connectivity index (χ1n) is 5.85. The first kappa shape index (κ1) is 12.9. The van der Waals surface area contributed by atoms with Crippen molar-refractivity contribution in [3.05, 3.63) is 58.1 Å². The zero-order valence-corrected chi connectivity index (χ0v) is 11.3. The summed E-state index contributed by atoms with van der Waals surface area (Å²) in [6, 6.07) is 11.6. The fraction of sp³-hybridized carbons (Fsp3) is 0.200. The molecule has 0 bridgehead atoms. The number of aryl methyl sites for hydroxylation is 1. The van der Waals surface area contributed by atoms with Crippen LogP contribution in [0.5, 0.6) is 11.5 Å². The molecular weight excluding hydrogens is 246 g/mol. The maximum absolute atomic E-state index is 6.11. The van der Waals surface area contributed by atoms with Crippen LogP contribution in [-0.4, -0.2) is 0 Å². The van der Waals surface area contributed by atoms with E-state index in [0.29, 0.717) is 11.6 Å². The lowest BCUT2D eigenvalue weighted by atomic mass is 10.1. The van der Waals surface area contributed by atoms with Crippen molar-refractivity contribution >= 4 is 11.6 Å². The summed E-state index contributed by atoms with van der Waals surface area (Å²) in [5.41, 5.74) is 8.87. The Morgan fingerprint density at radius 1 is 1.06 bits per heavy atom. The molecular formula is C15H16ClNO. The van der Waals surface area contributed by atoms with Crippen LogP contribution in [0.3, 0.4) is 0 Å². The van der Waals surface area contributed by atoms with Gasteiger partial charge >= 0.3 is 0 Å². The average molecular weight is 262 g/mol. The van der Waals surface area contributed by atoms with Crippen LogP contribution < -0.4 is 10.5 Å². The first-order chi connectivity index (χ1) is 8.63. The van der Waals surface area contributed by atoms with Crippen LogP contribution >= 0.6 is 11.6 Å². The molecule has 3 heteroatoms. The Hall–Kier alpha value is -1.51. The molecule has 0 unspecified atom stereocenters. The molecule has 18 heavy (non-hydrogen) atoms. The van der Waals surface area contributed by atoms with Gasteiger partial charge in [-0.2, -0.15) is 0 Å². The van der Waals surface area contributed by atoms with Gasteiger partial charge in [-0.05, 0) is 43.2 Å². The summed E-state index contributed by atoms with van der Waals surface area (Å²) in [6.45, 7) is 4.46. The normalized spacial score (nSPS) is 10.4. The number of rotatable bonds is 3. The van der Waals surface area contributed by atoms with Gasteiger partial charge in [-0.15, -0.1) is 0 Å². The SMILES string of the molecule is Cc1cccc(Oc2cccc(Cl)c2CN)c1C. The minimum Gasteiger partial charge on any atom is -0.457 e. The van der Waals surface area contributed by atoms with E-state index in [-0.39, 0.29) is 0 Å². The Balaban J connectivity index is 2.40. The molecule has 2 aromatic carbocycles. The third kappa shape index (κ3) is 2.50. The second kappa shape index (κ2) is 5.42. The lowest BCUT2D eigenvalue weighted by Crippen LogP contribution is -2.01. The summed E-state index contributed by atoms with van der Waals surface area (Å²) in [5, 5.41) is 0.639. The molecule has 0 radical (unpaired) electrons.